The second kappa shape index (κ2) is 5.12. The van der Waals surface area contributed by atoms with Gasteiger partial charge in [0, 0.05) is 6.54 Å². The molecule has 0 fully saturated rings. The van der Waals surface area contributed by atoms with Gasteiger partial charge in [0.15, 0.2) is 5.75 Å². The number of hydrogen-bond donors (Lipinski definition) is 1. The minimum Gasteiger partial charge on any atom is -0.489 e. The van der Waals surface area contributed by atoms with Crippen LogP contribution in [0.3, 0.4) is 0 Å². The fourth-order valence-corrected chi connectivity index (χ4v) is 2.02. The van der Waals surface area contributed by atoms with Gasteiger partial charge in [-0.05, 0) is 18.6 Å². The maximum absolute atomic E-state index is 11.1. The molecule has 4 heteroatoms. The van der Waals surface area contributed by atoms with Gasteiger partial charge in [0.1, 0.15) is 12.2 Å². The zero-order valence-corrected chi connectivity index (χ0v) is 10.5. The lowest BCUT2D eigenvalue weighted by Gasteiger charge is -2.32. The van der Waals surface area contributed by atoms with Crippen LogP contribution in [0.5, 0.6) is 5.75 Å². The summed E-state index contributed by atoms with van der Waals surface area (Å²) in [5, 5.41) is 9.14. The first-order valence-electron chi connectivity index (χ1n) is 6.04. The average Bonchev–Trinajstić information content (AvgIpc) is 2.38. The van der Waals surface area contributed by atoms with E-state index in [1.807, 2.05) is 6.07 Å². The molecule has 1 aliphatic heterocycles. The van der Waals surface area contributed by atoms with Gasteiger partial charge in [-0.3, -0.25) is 0 Å². The van der Waals surface area contributed by atoms with Crippen LogP contribution >= 0.6 is 0 Å². The number of anilines is 1. The number of benzene rings is 1. The van der Waals surface area contributed by atoms with Crippen molar-refractivity contribution in [1.29, 1.82) is 0 Å². The van der Waals surface area contributed by atoms with Crippen LogP contribution in [0.25, 0.3) is 0 Å². The van der Waals surface area contributed by atoms with E-state index in [1.165, 1.54) is 0 Å². The van der Waals surface area contributed by atoms with E-state index in [0.29, 0.717) is 12.4 Å². The Kier molecular flexibility index (Phi) is 3.55. The Labute approximate surface area is 106 Å². The number of hydrogen-bond acceptors (Lipinski definition) is 3. The number of carboxylic acids is 1. The number of fused-ring (bicyclic) bond motifs is 1. The third kappa shape index (κ3) is 2.32. The Bertz CT molecular complexity index is 482. The van der Waals surface area contributed by atoms with Crippen LogP contribution in [0.4, 0.5) is 5.69 Å². The molecule has 96 valence electrons. The number of ether oxygens (including phenoxy) is 1. The van der Waals surface area contributed by atoms with Gasteiger partial charge in [-0.2, -0.15) is 0 Å². The number of carboxylic acid groups (broad SMARTS) is 1. The van der Waals surface area contributed by atoms with Gasteiger partial charge >= 0.3 is 5.97 Å². The fraction of sp³-hybridized carbons (Fsp3) is 0.357. The summed E-state index contributed by atoms with van der Waals surface area (Å²) >= 11 is 0. The van der Waals surface area contributed by atoms with Crippen LogP contribution in [-0.4, -0.2) is 30.8 Å². The van der Waals surface area contributed by atoms with Crippen molar-refractivity contribution in [3.05, 3.63) is 35.9 Å². The van der Waals surface area contributed by atoms with E-state index in [4.69, 9.17) is 9.84 Å². The molecular weight excluding hydrogens is 230 g/mol. The van der Waals surface area contributed by atoms with E-state index in [0.717, 1.165) is 30.8 Å². The number of aromatic carboxylic acids is 1. The smallest absolute Gasteiger partial charge is 0.339 e. The maximum atomic E-state index is 11.1. The summed E-state index contributed by atoms with van der Waals surface area (Å²) in [5.74, 6) is -0.483. The van der Waals surface area contributed by atoms with E-state index in [1.54, 1.807) is 12.1 Å². The largest absolute Gasteiger partial charge is 0.489 e. The molecule has 0 amide bonds. The second-order valence-electron chi connectivity index (χ2n) is 4.33. The van der Waals surface area contributed by atoms with E-state index in [2.05, 4.69) is 18.4 Å². The maximum Gasteiger partial charge on any atom is 0.339 e. The predicted octanol–water partition coefficient (Wildman–Crippen LogP) is 2.55. The minimum atomic E-state index is -0.956. The normalized spacial score (nSPS) is 13.7. The topological polar surface area (TPSA) is 49.8 Å². The summed E-state index contributed by atoms with van der Waals surface area (Å²) in [4.78, 5) is 13.3. The van der Waals surface area contributed by atoms with Crippen LogP contribution in [0.15, 0.2) is 30.4 Å². The summed E-state index contributed by atoms with van der Waals surface area (Å²) in [6, 6.07) is 5.21. The highest BCUT2D eigenvalue weighted by atomic mass is 16.5. The Balaban J connectivity index is 2.35. The minimum absolute atomic E-state index is 0.222. The molecule has 0 saturated carbocycles. The van der Waals surface area contributed by atoms with Crippen LogP contribution in [0.1, 0.15) is 23.7 Å². The van der Waals surface area contributed by atoms with Gasteiger partial charge in [-0.25, -0.2) is 4.79 Å². The molecule has 0 radical (unpaired) electrons. The third-order valence-corrected chi connectivity index (χ3v) is 3.09. The van der Waals surface area contributed by atoms with Gasteiger partial charge in [0.05, 0.1) is 12.2 Å². The second-order valence-corrected chi connectivity index (χ2v) is 4.33. The summed E-state index contributed by atoms with van der Waals surface area (Å²) < 4.78 is 5.51. The SMILES string of the molecule is C=C(CC)CN1CCOc2c(C(=O)O)cccc21. The summed E-state index contributed by atoms with van der Waals surface area (Å²) in [7, 11) is 0. The van der Waals surface area contributed by atoms with E-state index in [-0.39, 0.29) is 5.56 Å². The quantitative estimate of drug-likeness (QED) is 0.831. The highest BCUT2D eigenvalue weighted by Crippen LogP contribution is 2.35. The van der Waals surface area contributed by atoms with Crippen LogP contribution in [-0.2, 0) is 0 Å². The lowest BCUT2D eigenvalue weighted by atomic mass is 10.1. The molecule has 0 aliphatic carbocycles. The molecule has 0 aromatic heterocycles. The molecule has 0 saturated heterocycles. The lowest BCUT2D eigenvalue weighted by Crippen LogP contribution is -2.34. The van der Waals surface area contributed by atoms with Gasteiger partial charge in [0.25, 0.3) is 0 Å². The molecule has 0 spiro atoms. The van der Waals surface area contributed by atoms with Crippen molar-refractivity contribution in [2.24, 2.45) is 0 Å². The molecule has 1 aromatic carbocycles. The predicted molar refractivity (Wildman–Crippen MR) is 70.5 cm³/mol. The molecule has 1 N–H and O–H groups in total. The Morgan fingerprint density at radius 1 is 1.56 bits per heavy atom. The van der Waals surface area contributed by atoms with Crippen molar-refractivity contribution in [3.8, 4) is 5.75 Å². The van der Waals surface area contributed by atoms with Gasteiger partial charge in [-0.15, -0.1) is 0 Å². The van der Waals surface area contributed by atoms with Crippen LogP contribution in [0, 0.1) is 0 Å². The summed E-state index contributed by atoms with van der Waals surface area (Å²) in [6.07, 6.45) is 0.922. The molecule has 2 rings (SSSR count). The van der Waals surface area contributed by atoms with E-state index in [9.17, 15) is 4.79 Å². The lowest BCUT2D eigenvalue weighted by molar-refractivity contribution is 0.0692. The number of rotatable bonds is 4. The Morgan fingerprint density at radius 3 is 3.00 bits per heavy atom. The molecule has 0 unspecified atom stereocenters. The monoisotopic (exact) mass is 247 g/mol. The highest BCUT2D eigenvalue weighted by molar-refractivity contribution is 5.93. The molecular formula is C14H17NO3. The molecule has 1 heterocycles. The van der Waals surface area contributed by atoms with Crippen molar-refractivity contribution in [1.82, 2.24) is 0 Å². The summed E-state index contributed by atoms with van der Waals surface area (Å²) in [6.45, 7) is 8.08. The fourth-order valence-electron chi connectivity index (χ4n) is 2.02. The van der Waals surface area contributed by atoms with E-state index < -0.39 is 5.97 Å². The number of para-hydroxylation sites is 1. The number of nitrogens with zero attached hydrogens (tertiary/aromatic N) is 1. The van der Waals surface area contributed by atoms with E-state index >= 15 is 0 Å². The third-order valence-electron chi connectivity index (χ3n) is 3.09. The Hall–Kier alpha value is -1.97. The van der Waals surface area contributed by atoms with Crippen LogP contribution in [0.2, 0.25) is 0 Å². The molecule has 1 aliphatic rings. The van der Waals surface area contributed by atoms with Crippen molar-refractivity contribution in [2.45, 2.75) is 13.3 Å². The number of carbonyl (C=O) groups is 1. The van der Waals surface area contributed by atoms with Gasteiger partial charge in [0.2, 0.25) is 0 Å². The molecule has 0 bridgehead atoms. The molecule has 4 nitrogen and oxygen atoms in total. The van der Waals surface area contributed by atoms with Gasteiger partial charge in [-0.1, -0.05) is 25.1 Å². The molecule has 18 heavy (non-hydrogen) atoms. The van der Waals surface area contributed by atoms with Crippen molar-refractivity contribution in [2.75, 3.05) is 24.6 Å². The average molecular weight is 247 g/mol. The first-order chi connectivity index (χ1) is 8.63. The first-order valence-corrected chi connectivity index (χ1v) is 6.04. The van der Waals surface area contributed by atoms with Crippen molar-refractivity contribution >= 4 is 11.7 Å². The van der Waals surface area contributed by atoms with Gasteiger partial charge < -0.3 is 14.7 Å². The standard InChI is InChI=1S/C14H17NO3/c1-3-10(2)9-15-7-8-18-13-11(14(16)17)5-4-6-12(13)15/h4-6H,2-3,7-9H2,1H3,(H,16,17). The van der Waals surface area contributed by atoms with Crippen molar-refractivity contribution < 1.29 is 14.6 Å². The first kappa shape index (κ1) is 12.5. The molecule has 0 atom stereocenters. The van der Waals surface area contributed by atoms with Crippen molar-refractivity contribution in [3.63, 3.8) is 0 Å². The zero-order valence-electron chi connectivity index (χ0n) is 10.5. The highest BCUT2D eigenvalue weighted by Gasteiger charge is 2.23. The van der Waals surface area contributed by atoms with Crippen LogP contribution < -0.4 is 9.64 Å². The molecule has 1 aromatic rings. The summed E-state index contributed by atoms with van der Waals surface area (Å²) in [5.41, 5.74) is 2.19. The zero-order chi connectivity index (χ0) is 13.1. The Morgan fingerprint density at radius 2 is 2.33 bits per heavy atom.